The smallest absolute Gasteiger partial charge is 0.231 e. The average Bonchev–Trinajstić information content (AvgIpc) is 2.14. The zero-order valence-electron chi connectivity index (χ0n) is 9.18. The zero-order chi connectivity index (χ0) is 11.5. The summed E-state index contributed by atoms with van der Waals surface area (Å²) in [6.07, 6.45) is 1.54. The molecule has 1 fully saturated rings. The lowest BCUT2D eigenvalue weighted by molar-refractivity contribution is -0.120. The third-order valence-corrected chi connectivity index (χ3v) is 2.49. The summed E-state index contributed by atoms with van der Waals surface area (Å²) in [4.78, 5) is 20.8. The van der Waals surface area contributed by atoms with E-state index in [9.17, 15) is 4.79 Å². The fourth-order valence-electron chi connectivity index (χ4n) is 1.75. The van der Waals surface area contributed by atoms with Gasteiger partial charge in [-0.1, -0.05) is 0 Å². The first-order valence-electron chi connectivity index (χ1n) is 5.19. The number of nitrogens with zero attached hydrogens (tertiary/aromatic N) is 3. The lowest BCUT2D eigenvalue weighted by Gasteiger charge is -2.38. The lowest BCUT2D eigenvalue weighted by atomic mass is 10.1. The Hall–Kier alpha value is -1.69. The van der Waals surface area contributed by atoms with Crippen molar-refractivity contribution in [3.05, 3.63) is 18.1 Å². The number of primary amides is 1. The monoisotopic (exact) mass is 221 g/mol. The highest BCUT2D eigenvalue weighted by Crippen LogP contribution is 2.12. The molecule has 0 bridgehead atoms. The maximum atomic E-state index is 10.7. The number of nitrogens with two attached hydrogens (primary N) is 1. The first-order chi connectivity index (χ1) is 7.63. The number of hydrogen-bond donors (Lipinski definition) is 2. The minimum atomic E-state index is -0.281. The van der Waals surface area contributed by atoms with Gasteiger partial charge in [-0.2, -0.15) is 0 Å². The van der Waals surface area contributed by atoms with Crippen LogP contribution in [-0.4, -0.2) is 46.5 Å². The molecular formula is C10H15N5O. The van der Waals surface area contributed by atoms with Crippen molar-refractivity contribution in [3.8, 4) is 0 Å². The standard InChI is InChI=1S/C10H15N5O/c1-7-2-10(13-6-12-7)14-8-3-15(4-8)5-9(11)16/h2,6,8H,3-5H2,1H3,(H2,11,16)(H,12,13,14). The van der Waals surface area contributed by atoms with Crippen LogP contribution < -0.4 is 11.1 Å². The van der Waals surface area contributed by atoms with Gasteiger partial charge in [-0.3, -0.25) is 9.69 Å². The molecule has 2 heterocycles. The molecule has 0 saturated carbocycles. The summed E-state index contributed by atoms with van der Waals surface area (Å²) in [5.74, 6) is 0.549. The third kappa shape index (κ3) is 2.66. The molecule has 0 atom stereocenters. The van der Waals surface area contributed by atoms with Gasteiger partial charge >= 0.3 is 0 Å². The molecule has 0 radical (unpaired) electrons. The predicted octanol–water partition coefficient (Wildman–Crippen LogP) is -0.634. The number of carbonyl (C=O) groups excluding carboxylic acids is 1. The van der Waals surface area contributed by atoms with Crippen molar-refractivity contribution >= 4 is 11.7 Å². The number of amides is 1. The minimum absolute atomic E-state index is 0.281. The number of hydrogen-bond acceptors (Lipinski definition) is 5. The molecule has 0 unspecified atom stereocenters. The van der Waals surface area contributed by atoms with Crippen LogP contribution in [0.4, 0.5) is 5.82 Å². The van der Waals surface area contributed by atoms with Crippen LogP contribution in [0, 0.1) is 6.92 Å². The molecule has 86 valence electrons. The van der Waals surface area contributed by atoms with Crippen molar-refractivity contribution in [2.75, 3.05) is 25.0 Å². The topological polar surface area (TPSA) is 84.1 Å². The van der Waals surface area contributed by atoms with Crippen LogP contribution >= 0.6 is 0 Å². The van der Waals surface area contributed by atoms with Crippen molar-refractivity contribution in [1.29, 1.82) is 0 Å². The normalized spacial score (nSPS) is 16.8. The molecule has 6 heteroatoms. The summed E-state index contributed by atoms with van der Waals surface area (Å²) in [5, 5.41) is 3.28. The van der Waals surface area contributed by atoms with E-state index in [1.165, 1.54) is 6.33 Å². The van der Waals surface area contributed by atoms with Gasteiger partial charge < -0.3 is 11.1 Å². The van der Waals surface area contributed by atoms with Gasteiger partial charge in [0.25, 0.3) is 0 Å². The molecule has 1 aliphatic heterocycles. The van der Waals surface area contributed by atoms with Crippen LogP contribution in [0.2, 0.25) is 0 Å². The Balaban J connectivity index is 1.79. The van der Waals surface area contributed by atoms with Gasteiger partial charge in [-0.15, -0.1) is 0 Å². The van der Waals surface area contributed by atoms with Gasteiger partial charge in [0.2, 0.25) is 5.91 Å². The van der Waals surface area contributed by atoms with Crippen molar-refractivity contribution in [1.82, 2.24) is 14.9 Å². The molecule has 2 rings (SSSR count). The Morgan fingerprint density at radius 1 is 1.62 bits per heavy atom. The zero-order valence-corrected chi connectivity index (χ0v) is 9.18. The number of aryl methyl sites for hydroxylation is 1. The average molecular weight is 221 g/mol. The highest BCUT2D eigenvalue weighted by molar-refractivity contribution is 5.76. The van der Waals surface area contributed by atoms with Crippen molar-refractivity contribution in [2.24, 2.45) is 5.73 Å². The van der Waals surface area contributed by atoms with E-state index in [1.54, 1.807) is 0 Å². The molecule has 1 saturated heterocycles. The molecule has 6 nitrogen and oxygen atoms in total. The Bertz CT molecular complexity index is 389. The molecule has 1 aromatic heterocycles. The van der Waals surface area contributed by atoms with Gasteiger partial charge in [0, 0.05) is 24.8 Å². The number of rotatable bonds is 4. The molecule has 0 aromatic carbocycles. The van der Waals surface area contributed by atoms with E-state index >= 15 is 0 Å². The van der Waals surface area contributed by atoms with Crippen LogP contribution in [0.3, 0.4) is 0 Å². The highest BCUT2D eigenvalue weighted by atomic mass is 16.1. The number of aromatic nitrogens is 2. The Labute approximate surface area is 93.9 Å². The summed E-state index contributed by atoms with van der Waals surface area (Å²) < 4.78 is 0. The predicted molar refractivity (Wildman–Crippen MR) is 59.8 cm³/mol. The summed E-state index contributed by atoms with van der Waals surface area (Å²) in [5.41, 5.74) is 6.04. The van der Waals surface area contributed by atoms with Gasteiger partial charge in [-0.25, -0.2) is 9.97 Å². The second kappa shape index (κ2) is 4.44. The van der Waals surface area contributed by atoms with E-state index < -0.39 is 0 Å². The fourth-order valence-corrected chi connectivity index (χ4v) is 1.75. The van der Waals surface area contributed by atoms with Gasteiger partial charge in [0.1, 0.15) is 12.1 Å². The quantitative estimate of drug-likeness (QED) is 0.707. The molecule has 3 N–H and O–H groups in total. The third-order valence-electron chi connectivity index (χ3n) is 2.49. The minimum Gasteiger partial charge on any atom is -0.369 e. The first kappa shape index (κ1) is 10.8. The van der Waals surface area contributed by atoms with Crippen molar-refractivity contribution in [3.63, 3.8) is 0 Å². The van der Waals surface area contributed by atoms with E-state index in [0.29, 0.717) is 12.6 Å². The number of nitrogens with one attached hydrogen (secondary N) is 1. The van der Waals surface area contributed by atoms with Crippen LogP contribution in [0.5, 0.6) is 0 Å². The van der Waals surface area contributed by atoms with Gasteiger partial charge in [0.05, 0.1) is 12.6 Å². The molecule has 1 amide bonds. The molecule has 16 heavy (non-hydrogen) atoms. The molecule has 0 spiro atoms. The Morgan fingerprint density at radius 2 is 2.38 bits per heavy atom. The number of carbonyl (C=O) groups is 1. The molecule has 1 aromatic rings. The lowest BCUT2D eigenvalue weighted by Crippen LogP contribution is -2.56. The van der Waals surface area contributed by atoms with E-state index in [1.807, 2.05) is 17.9 Å². The molecule has 1 aliphatic rings. The van der Waals surface area contributed by atoms with Crippen molar-refractivity contribution < 1.29 is 4.79 Å². The second-order valence-corrected chi connectivity index (χ2v) is 4.05. The summed E-state index contributed by atoms with van der Waals surface area (Å²) in [6.45, 7) is 3.91. The maximum Gasteiger partial charge on any atom is 0.231 e. The largest absolute Gasteiger partial charge is 0.369 e. The second-order valence-electron chi connectivity index (χ2n) is 4.05. The van der Waals surface area contributed by atoms with Gasteiger partial charge in [-0.05, 0) is 6.92 Å². The van der Waals surface area contributed by atoms with E-state index in [2.05, 4.69) is 15.3 Å². The number of likely N-dealkylation sites (tertiary alicyclic amines) is 1. The van der Waals surface area contributed by atoms with E-state index in [4.69, 9.17) is 5.73 Å². The van der Waals surface area contributed by atoms with Gasteiger partial charge in [0.15, 0.2) is 0 Å². The summed E-state index contributed by atoms with van der Waals surface area (Å²) >= 11 is 0. The summed E-state index contributed by atoms with van der Waals surface area (Å²) in [6, 6.07) is 2.24. The fraction of sp³-hybridized carbons (Fsp3) is 0.500. The first-order valence-corrected chi connectivity index (χ1v) is 5.19. The van der Waals surface area contributed by atoms with Crippen LogP contribution in [-0.2, 0) is 4.79 Å². The Kier molecular flexibility index (Phi) is 3.00. The van der Waals surface area contributed by atoms with E-state index in [0.717, 1.165) is 24.6 Å². The highest BCUT2D eigenvalue weighted by Gasteiger charge is 2.27. The van der Waals surface area contributed by atoms with Crippen molar-refractivity contribution in [2.45, 2.75) is 13.0 Å². The van der Waals surface area contributed by atoms with E-state index in [-0.39, 0.29) is 5.91 Å². The SMILES string of the molecule is Cc1cc(NC2CN(CC(N)=O)C2)ncn1. The van der Waals surface area contributed by atoms with Crippen LogP contribution in [0.1, 0.15) is 5.69 Å². The summed E-state index contributed by atoms with van der Waals surface area (Å²) in [7, 11) is 0. The van der Waals surface area contributed by atoms with Crippen LogP contribution in [0.15, 0.2) is 12.4 Å². The Morgan fingerprint density at radius 3 is 3.00 bits per heavy atom. The molecule has 0 aliphatic carbocycles. The molecular weight excluding hydrogens is 206 g/mol. The van der Waals surface area contributed by atoms with Crippen LogP contribution in [0.25, 0.3) is 0 Å². The maximum absolute atomic E-state index is 10.7. The number of anilines is 1.